The van der Waals surface area contributed by atoms with Crippen molar-refractivity contribution in [3.8, 4) is 5.88 Å². The molecular formula is C21H21F3N2O4. The number of aliphatic hydroxyl groups is 1. The van der Waals surface area contributed by atoms with Crippen molar-refractivity contribution >= 4 is 11.6 Å². The van der Waals surface area contributed by atoms with Crippen LogP contribution >= 0.6 is 0 Å². The van der Waals surface area contributed by atoms with Gasteiger partial charge >= 0.3 is 6.18 Å². The Bertz CT molecular complexity index is 933. The molecule has 2 fully saturated rings. The summed E-state index contributed by atoms with van der Waals surface area (Å²) in [7, 11) is 1.50. The van der Waals surface area contributed by atoms with Crippen LogP contribution in [0.2, 0.25) is 0 Å². The Hall–Kier alpha value is -2.65. The number of anilines is 1. The molecule has 3 heterocycles. The first-order valence-electron chi connectivity index (χ1n) is 9.52. The van der Waals surface area contributed by atoms with Crippen molar-refractivity contribution in [3.05, 3.63) is 53.7 Å². The molecule has 2 saturated heterocycles. The van der Waals surface area contributed by atoms with Crippen LogP contribution in [0.25, 0.3) is 0 Å². The predicted molar refractivity (Wildman–Crippen MR) is 101 cm³/mol. The third kappa shape index (κ3) is 3.75. The van der Waals surface area contributed by atoms with Crippen LogP contribution < -0.4 is 10.1 Å². The van der Waals surface area contributed by atoms with Gasteiger partial charge in [-0.1, -0.05) is 0 Å². The number of benzene rings is 1. The number of nitrogens with one attached hydrogen (secondary N) is 1. The Morgan fingerprint density at radius 2 is 2.07 bits per heavy atom. The maximum atomic E-state index is 13.3. The molecular weight excluding hydrogens is 401 g/mol. The molecule has 2 aromatic rings. The number of fused-ring (bicyclic) bond motifs is 2. The lowest BCUT2D eigenvalue weighted by Crippen LogP contribution is -2.48. The van der Waals surface area contributed by atoms with Gasteiger partial charge in [-0.25, -0.2) is 4.98 Å². The predicted octanol–water partition coefficient (Wildman–Crippen LogP) is 3.20. The number of carbonyl (C=O) groups is 1. The van der Waals surface area contributed by atoms with Crippen molar-refractivity contribution in [2.24, 2.45) is 5.41 Å². The number of amides is 1. The van der Waals surface area contributed by atoms with Crippen LogP contribution in [0.5, 0.6) is 5.88 Å². The molecule has 2 N–H and O–H groups in total. The quantitative estimate of drug-likeness (QED) is 0.774. The van der Waals surface area contributed by atoms with Crippen molar-refractivity contribution in [1.29, 1.82) is 0 Å². The Kier molecular flexibility index (Phi) is 5.19. The number of nitrogens with zero attached hydrogens (tertiary/aromatic N) is 1. The summed E-state index contributed by atoms with van der Waals surface area (Å²) in [5.74, 6) is 0.0624. The summed E-state index contributed by atoms with van der Waals surface area (Å²) in [5, 5.41) is 12.8. The Morgan fingerprint density at radius 1 is 1.33 bits per heavy atom. The highest BCUT2D eigenvalue weighted by Gasteiger charge is 2.60. The summed E-state index contributed by atoms with van der Waals surface area (Å²) in [6, 6.07) is 7.82. The average Bonchev–Trinajstić information content (AvgIpc) is 3.25. The number of aromatic nitrogens is 1. The van der Waals surface area contributed by atoms with Gasteiger partial charge in [0.15, 0.2) is 0 Å². The van der Waals surface area contributed by atoms with E-state index in [1.54, 1.807) is 18.3 Å². The summed E-state index contributed by atoms with van der Waals surface area (Å²) in [4.78, 5) is 17.4. The molecule has 2 bridgehead atoms. The zero-order valence-corrected chi connectivity index (χ0v) is 16.1. The number of methoxy groups -OCH3 is 1. The maximum Gasteiger partial charge on any atom is 0.416 e. The van der Waals surface area contributed by atoms with E-state index in [9.17, 15) is 23.1 Å². The molecule has 0 saturated carbocycles. The Morgan fingerprint density at radius 3 is 2.63 bits per heavy atom. The van der Waals surface area contributed by atoms with Gasteiger partial charge in [0.25, 0.3) is 0 Å². The number of ether oxygens (including phenoxy) is 2. The van der Waals surface area contributed by atoms with E-state index in [0.717, 1.165) is 17.7 Å². The van der Waals surface area contributed by atoms with Gasteiger partial charge < -0.3 is 19.9 Å². The van der Waals surface area contributed by atoms with Crippen LogP contribution in [0.3, 0.4) is 0 Å². The largest absolute Gasteiger partial charge is 0.481 e. The first-order chi connectivity index (χ1) is 14.2. The van der Waals surface area contributed by atoms with Gasteiger partial charge in [0.05, 0.1) is 36.4 Å². The summed E-state index contributed by atoms with van der Waals surface area (Å²) in [6.07, 6.45) is -3.47. The van der Waals surface area contributed by atoms with Crippen LogP contribution in [-0.2, 0) is 22.1 Å². The molecule has 160 valence electrons. The number of aliphatic hydroxyl groups excluding tert-OH is 1. The van der Waals surface area contributed by atoms with Crippen LogP contribution in [0.4, 0.5) is 18.9 Å². The molecule has 1 amide bonds. The van der Waals surface area contributed by atoms with E-state index in [1.165, 1.54) is 19.2 Å². The van der Waals surface area contributed by atoms with Crippen LogP contribution in [0.15, 0.2) is 42.6 Å². The van der Waals surface area contributed by atoms with E-state index in [2.05, 4.69) is 10.3 Å². The van der Waals surface area contributed by atoms with Crippen LogP contribution in [0.1, 0.15) is 24.0 Å². The van der Waals surface area contributed by atoms with E-state index < -0.39 is 35.5 Å². The lowest BCUT2D eigenvalue weighted by molar-refractivity contribution is -0.137. The monoisotopic (exact) mass is 422 g/mol. The Balaban J connectivity index is 1.59. The second-order valence-corrected chi connectivity index (χ2v) is 7.74. The minimum absolute atomic E-state index is 0.267. The lowest BCUT2D eigenvalue weighted by Gasteiger charge is -2.35. The number of pyridine rings is 1. The molecule has 6 nitrogen and oxygen atoms in total. The fourth-order valence-corrected chi connectivity index (χ4v) is 4.30. The van der Waals surface area contributed by atoms with Gasteiger partial charge in [0.2, 0.25) is 11.8 Å². The third-order valence-electron chi connectivity index (χ3n) is 5.86. The molecule has 0 radical (unpaired) electrons. The van der Waals surface area contributed by atoms with Crippen LogP contribution in [-0.4, -0.2) is 41.4 Å². The number of hydrogen-bond donors (Lipinski definition) is 2. The van der Waals surface area contributed by atoms with E-state index in [4.69, 9.17) is 9.47 Å². The van der Waals surface area contributed by atoms with Gasteiger partial charge in [-0.3, -0.25) is 4.79 Å². The summed E-state index contributed by atoms with van der Waals surface area (Å²) in [6.45, 7) is 0. The SMILES string of the molecule is COc1cc(C[C@]2(C(=O)Nc3ccc(C(F)(F)F)cc3)C[C@H]3O[C@@H]2C[C@@H]3O)ccn1. The van der Waals surface area contributed by atoms with Gasteiger partial charge in [-0.2, -0.15) is 13.2 Å². The standard InChI is InChI=1S/C21H21F3N2O4/c1-29-18-8-12(6-7-25-18)10-20(11-16-15(27)9-17(20)30-16)19(28)26-14-4-2-13(3-5-14)21(22,23)24/h2-8,15-17,27H,9-11H2,1H3,(H,26,28)/t15-,16+,17+,20-/m0/s1. The van der Waals surface area contributed by atoms with E-state index in [-0.39, 0.29) is 11.6 Å². The molecule has 1 aromatic heterocycles. The first-order valence-corrected chi connectivity index (χ1v) is 9.52. The zero-order chi connectivity index (χ0) is 21.5. The van der Waals surface area contributed by atoms with Crippen molar-refractivity contribution in [2.45, 2.75) is 43.8 Å². The van der Waals surface area contributed by atoms with Crippen molar-refractivity contribution in [3.63, 3.8) is 0 Å². The smallest absolute Gasteiger partial charge is 0.416 e. The van der Waals surface area contributed by atoms with Crippen molar-refractivity contribution in [1.82, 2.24) is 4.98 Å². The number of hydrogen-bond acceptors (Lipinski definition) is 5. The van der Waals surface area contributed by atoms with Gasteiger partial charge in [0.1, 0.15) is 0 Å². The molecule has 4 atom stereocenters. The molecule has 1 aromatic carbocycles. The fourth-order valence-electron chi connectivity index (χ4n) is 4.30. The molecule has 2 aliphatic heterocycles. The van der Waals surface area contributed by atoms with E-state index in [1.807, 2.05) is 0 Å². The number of carbonyl (C=O) groups excluding carboxylic acids is 1. The second-order valence-electron chi connectivity index (χ2n) is 7.74. The number of alkyl halides is 3. The van der Waals surface area contributed by atoms with Gasteiger partial charge in [-0.05, 0) is 48.7 Å². The molecule has 4 rings (SSSR count). The zero-order valence-electron chi connectivity index (χ0n) is 16.1. The summed E-state index contributed by atoms with van der Waals surface area (Å²) in [5.41, 5.74) is -0.664. The Labute approximate surface area is 171 Å². The molecule has 0 aliphatic carbocycles. The van der Waals surface area contributed by atoms with Crippen molar-refractivity contribution < 1.29 is 32.5 Å². The molecule has 30 heavy (non-hydrogen) atoms. The van der Waals surface area contributed by atoms with Gasteiger partial charge in [0, 0.05) is 24.4 Å². The normalized spacial score (nSPS) is 27.8. The van der Waals surface area contributed by atoms with Gasteiger partial charge in [-0.15, -0.1) is 0 Å². The first kappa shape index (κ1) is 20.6. The topological polar surface area (TPSA) is 80.7 Å². The average molecular weight is 422 g/mol. The molecule has 0 spiro atoms. The van der Waals surface area contributed by atoms with E-state index >= 15 is 0 Å². The summed E-state index contributed by atoms with van der Waals surface area (Å²) < 4.78 is 49.4. The number of rotatable bonds is 5. The minimum atomic E-state index is -4.45. The highest BCUT2D eigenvalue weighted by molar-refractivity contribution is 5.96. The molecule has 2 aliphatic rings. The molecule has 9 heteroatoms. The maximum absolute atomic E-state index is 13.3. The highest BCUT2D eigenvalue weighted by Crippen LogP contribution is 2.50. The minimum Gasteiger partial charge on any atom is -0.481 e. The fraction of sp³-hybridized carbons (Fsp3) is 0.429. The lowest BCUT2D eigenvalue weighted by atomic mass is 9.68. The van der Waals surface area contributed by atoms with Crippen molar-refractivity contribution in [2.75, 3.05) is 12.4 Å². The van der Waals surface area contributed by atoms with E-state index in [0.29, 0.717) is 25.1 Å². The summed E-state index contributed by atoms with van der Waals surface area (Å²) >= 11 is 0. The third-order valence-corrected chi connectivity index (χ3v) is 5.86. The molecule has 0 unspecified atom stereocenters. The van der Waals surface area contributed by atoms with Crippen LogP contribution in [0, 0.1) is 5.41 Å². The highest BCUT2D eigenvalue weighted by atomic mass is 19.4. The number of halogens is 3. The second kappa shape index (κ2) is 7.55.